The molecule has 0 radical (unpaired) electrons. The molecule has 4 heterocycles. The number of nitrogen functional groups attached to an aromatic ring is 1. The number of hydrogen-bond acceptors (Lipinski definition) is 8. The van der Waals surface area contributed by atoms with Crippen LogP contribution in [0.25, 0.3) is 11.6 Å². The van der Waals surface area contributed by atoms with Gasteiger partial charge in [0.25, 0.3) is 11.8 Å². The summed E-state index contributed by atoms with van der Waals surface area (Å²) in [6.07, 6.45) is 3.34. The predicted molar refractivity (Wildman–Crippen MR) is 148 cm³/mol. The SMILES string of the molecule is CCN(CC)CCNC(=O)c1c[nH]c(C=C2C(=O)N(Cc3nc(C)c(C)s3)c3nc(N)nc(Cl)c32)c1C. The molecule has 4 rings (SSSR count). The molecule has 0 fully saturated rings. The van der Waals surface area contributed by atoms with Crippen molar-refractivity contribution in [2.75, 3.05) is 36.8 Å². The molecule has 37 heavy (non-hydrogen) atoms. The second kappa shape index (κ2) is 11.0. The van der Waals surface area contributed by atoms with Crippen LogP contribution in [0.5, 0.6) is 0 Å². The first kappa shape index (κ1) is 26.8. The van der Waals surface area contributed by atoms with Gasteiger partial charge in [0.1, 0.15) is 10.2 Å². The van der Waals surface area contributed by atoms with Crippen LogP contribution in [0.3, 0.4) is 0 Å². The molecule has 1 aliphatic rings. The smallest absolute Gasteiger partial charge is 0.260 e. The van der Waals surface area contributed by atoms with E-state index >= 15 is 0 Å². The van der Waals surface area contributed by atoms with Crippen molar-refractivity contribution in [3.8, 4) is 0 Å². The number of rotatable bonds is 9. The monoisotopic (exact) mass is 542 g/mol. The lowest BCUT2D eigenvalue weighted by atomic mass is 10.1. The van der Waals surface area contributed by atoms with E-state index in [1.54, 1.807) is 12.3 Å². The second-order valence-corrected chi connectivity index (χ2v) is 10.4. The Kier molecular flexibility index (Phi) is 7.96. The molecule has 10 nitrogen and oxygen atoms in total. The van der Waals surface area contributed by atoms with Crippen LogP contribution in [-0.2, 0) is 11.3 Å². The number of thiazole rings is 1. The predicted octanol–water partition coefficient (Wildman–Crippen LogP) is 3.58. The van der Waals surface area contributed by atoms with Crippen LogP contribution >= 0.6 is 22.9 Å². The van der Waals surface area contributed by atoms with Crippen LogP contribution in [0.1, 0.15) is 56.6 Å². The minimum atomic E-state index is -0.290. The molecule has 3 aromatic heterocycles. The second-order valence-electron chi connectivity index (χ2n) is 8.79. The molecule has 0 aliphatic carbocycles. The number of nitrogens with one attached hydrogen (secondary N) is 2. The first-order chi connectivity index (χ1) is 17.6. The van der Waals surface area contributed by atoms with Gasteiger partial charge in [0.05, 0.1) is 28.9 Å². The van der Waals surface area contributed by atoms with E-state index in [1.165, 1.54) is 16.2 Å². The summed E-state index contributed by atoms with van der Waals surface area (Å²) in [5.74, 6) is -0.137. The Morgan fingerprint density at radius 3 is 2.62 bits per heavy atom. The largest absolute Gasteiger partial charge is 0.368 e. The van der Waals surface area contributed by atoms with E-state index < -0.39 is 0 Å². The highest BCUT2D eigenvalue weighted by atomic mass is 35.5. The minimum absolute atomic E-state index is 0.0194. The average molecular weight is 543 g/mol. The van der Waals surface area contributed by atoms with Crippen LogP contribution in [0.2, 0.25) is 5.15 Å². The van der Waals surface area contributed by atoms with Crippen LogP contribution in [0.15, 0.2) is 6.20 Å². The van der Waals surface area contributed by atoms with Crippen molar-refractivity contribution in [2.24, 2.45) is 0 Å². The Bertz CT molecular complexity index is 1360. The molecular weight excluding hydrogens is 512 g/mol. The zero-order valence-corrected chi connectivity index (χ0v) is 23.2. The quantitative estimate of drug-likeness (QED) is 0.278. The average Bonchev–Trinajstić information content (AvgIpc) is 3.46. The normalized spacial score (nSPS) is 14.2. The van der Waals surface area contributed by atoms with Crippen molar-refractivity contribution >= 4 is 58.2 Å². The number of nitrogens with zero attached hydrogens (tertiary/aromatic N) is 5. The number of halogens is 1. The molecule has 0 aromatic carbocycles. The van der Waals surface area contributed by atoms with E-state index in [2.05, 4.69) is 44.0 Å². The highest BCUT2D eigenvalue weighted by Gasteiger charge is 2.37. The van der Waals surface area contributed by atoms with Crippen molar-refractivity contribution in [3.63, 3.8) is 0 Å². The molecule has 2 amide bonds. The summed E-state index contributed by atoms with van der Waals surface area (Å²) in [5, 5.41) is 3.84. The highest BCUT2D eigenvalue weighted by molar-refractivity contribution is 7.11. The number of nitrogens with two attached hydrogens (primary N) is 1. The molecule has 3 aromatic rings. The topological polar surface area (TPSA) is 133 Å². The number of aromatic amines is 1. The van der Waals surface area contributed by atoms with Crippen molar-refractivity contribution in [1.82, 2.24) is 30.2 Å². The van der Waals surface area contributed by atoms with E-state index in [0.717, 1.165) is 40.8 Å². The van der Waals surface area contributed by atoms with Gasteiger partial charge in [-0.15, -0.1) is 11.3 Å². The molecule has 0 unspecified atom stereocenters. The zero-order chi connectivity index (χ0) is 26.9. The lowest BCUT2D eigenvalue weighted by molar-refractivity contribution is -0.113. The number of fused-ring (bicyclic) bond motifs is 1. The summed E-state index contributed by atoms with van der Waals surface area (Å²) in [6.45, 7) is 13.4. The summed E-state index contributed by atoms with van der Waals surface area (Å²) in [4.78, 5) is 47.3. The van der Waals surface area contributed by atoms with Crippen molar-refractivity contribution in [2.45, 2.75) is 41.2 Å². The number of anilines is 2. The fourth-order valence-electron chi connectivity index (χ4n) is 4.24. The van der Waals surface area contributed by atoms with Gasteiger partial charge in [-0.05, 0) is 45.5 Å². The number of H-pyrrole nitrogens is 1. The molecule has 0 bridgehead atoms. The first-order valence-electron chi connectivity index (χ1n) is 12.1. The van der Waals surface area contributed by atoms with Crippen LogP contribution in [0, 0.1) is 20.8 Å². The molecule has 4 N–H and O–H groups in total. The molecule has 1 aliphatic heterocycles. The Morgan fingerprint density at radius 2 is 1.97 bits per heavy atom. The number of carbonyl (C=O) groups excluding carboxylic acids is 2. The van der Waals surface area contributed by atoms with E-state index in [4.69, 9.17) is 17.3 Å². The first-order valence-corrected chi connectivity index (χ1v) is 13.3. The number of likely N-dealkylation sites (N-methyl/N-ethyl adjacent to an activating group) is 1. The Hall–Kier alpha value is -3.28. The molecule has 0 atom stereocenters. The third-order valence-corrected chi connectivity index (χ3v) is 7.88. The van der Waals surface area contributed by atoms with Gasteiger partial charge >= 0.3 is 0 Å². The number of amides is 2. The fraction of sp³-hybridized carbons (Fsp3) is 0.400. The maximum absolute atomic E-state index is 13.6. The number of hydrogen-bond donors (Lipinski definition) is 3. The highest BCUT2D eigenvalue weighted by Crippen LogP contribution is 2.41. The van der Waals surface area contributed by atoms with Crippen molar-refractivity contribution in [1.29, 1.82) is 0 Å². The minimum Gasteiger partial charge on any atom is -0.368 e. The summed E-state index contributed by atoms with van der Waals surface area (Å²) in [7, 11) is 0. The standard InChI is InChI=1S/C25H31ClN8O2S/c1-6-33(7-2)9-8-28-23(35)17-11-29-18(13(17)3)10-16-20-21(26)31-25(27)32-22(20)34(24(16)36)12-19-30-14(4)15(5)37-19/h10-11,29H,6-9,12H2,1-5H3,(H,28,35)(H2,27,31,32). The van der Waals surface area contributed by atoms with Crippen molar-refractivity contribution in [3.05, 3.63) is 49.3 Å². The van der Waals surface area contributed by atoms with Gasteiger partial charge in [-0.3, -0.25) is 14.5 Å². The van der Waals surface area contributed by atoms with Gasteiger partial charge in [0.15, 0.2) is 5.82 Å². The Balaban J connectivity index is 1.63. The molecule has 0 saturated heterocycles. The van der Waals surface area contributed by atoms with Gasteiger partial charge in [0.2, 0.25) is 5.95 Å². The summed E-state index contributed by atoms with van der Waals surface area (Å²) < 4.78 is 0. The van der Waals surface area contributed by atoms with E-state index in [-0.39, 0.29) is 29.5 Å². The molecule has 196 valence electrons. The molecule has 0 spiro atoms. The van der Waals surface area contributed by atoms with Crippen LogP contribution < -0.4 is 16.0 Å². The number of aryl methyl sites for hydroxylation is 2. The Morgan fingerprint density at radius 1 is 1.24 bits per heavy atom. The van der Waals surface area contributed by atoms with Gasteiger partial charge in [-0.2, -0.15) is 4.98 Å². The lowest BCUT2D eigenvalue weighted by Gasteiger charge is -2.17. The van der Waals surface area contributed by atoms with Gasteiger partial charge in [-0.1, -0.05) is 25.4 Å². The zero-order valence-electron chi connectivity index (χ0n) is 21.6. The summed E-state index contributed by atoms with van der Waals surface area (Å²) in [6, 6.07) is 0. The maximum Gasteiger partial charge on any atom is 0.260 e. The van der Waals surface area contributed by atoms with Gasteiger partial charge < -0.3 is 20.9 Å². The van der Waals surface area contributed by atoms with Crippen molar-refractivity contribution < 1.29 is 9.59 Å². The third-order valence-electron chi connectivity index (χ3n) is 6.55. The Labute approximate surface area is 225 Å². The van der Waals surface area contributed by atoms with E-state index in [1.807, 2.05) is 20.8 Å². The fourth-order valence-corrected chi connectivity index (χ4v) is 5.44. The molecular formula is C25H31ClN8O2S. The number of aromatic nitrogens is 4. The van der Waals surface area contributed by atoms with Crippen LogP contribution in [-0.4, -0.2) is 62.8 Å². The summed E-state index contributed by atoms with van der Waals surface area (Å²) >= 11 is 7.98. The maximum atomic E-state index is 13.6. The number of carbonyl (C=O) groups is 2. The van der Waals surface area contributed by atoms with Gasteiger partial charge in [-0.25, -0.2) is 9.97 Å². The van der Waals surface area contributed by atoms with Crippen LogP contribution in [0.4, 0.5) is 11.8 Å². The van der Waals surface area contributed by atoms with Gasteiger partial charge in [0, 0.05) is 29.9 Å². The third kappa shape index (κ3) is 5.39. The molecule has 12 heteroatoms. The molecule has 0 saturated carbocycles. The lowest BCUT2D eigenvalue weighted by Crippen LogP contribution is -2.34. The van der Waals surface area contributed by atoms with E-state index in [9.17, 15) is 9.59 Å². The summed E-state index contributed by atoms with van der Waals surface area (Å²) in [5.41, 5.74) is 9.38. The van der Waals surface area contributed by atoms with E-state index in [0.29, 0.717) is 34.8 Å².